The van der Waals surface area contributed by atoms with E-state index in [9.17, 15) is 0 Å². The lowest BCUT2D eigenvalue weighted by Gasteiger charge is -2.17. The van der Waals surface area contributed by atoms with Gasteiger partial charge in [-0.2, -0.15) is 0 Å². The molecule has 0 spiro atoms. The molecule has 0 radical (unpaired) electrons. The van der Waals surface area contributed by atoms with E-state index in [0.29, 0.717) is 25.0 Å². The first-order chi connectivity index (χ1) is 6.51. The zero-order valence-electron chi connectivity index (χ0n) is 8.91. The van der Waals surface area contributed by atoms with Crippen molar-refractivity contribution in [2.24, 2.45) is 5.73 Å². The fourth-order valence-electron chi connectivity index (χ4n) is 0.891. The van der Waals surface area contributed by atoms with Gasteiger partial charge in [0.25, 0.3) is 0 Å². The van der Waals surface area contributed by atoms with Crippen LogP contribution < -0.4 is 5.73 Å². The molecule has 1 heterocycles. The number of nitrogens with zero attached hydrogens (tertiary/aromatic N) is 2. The van der Waals surface area contributed by atoms with E-state index in [2.05, 4.69) is 10.2 Å². The van der Waals surface area contributed by atoms with E-state index in [4.69, 9.17) is 14.9 Å². The van der Waals surface area contributed by atoms with Crippen molar-refractivity contribution in [3.8, 4) is 0 Å². The van der Waals surface area contributed by atoms with Crippen LogP contribution in [0.15, 0.2) is 4.42 Å². The molecule has 0 aliphatic carbocycles. The number of nitrogens with two attached hydrogens (primary N) is 1. The first-order valence-corrected chi connectivity index (χ1v) is 4.69. The molecule has 80 valence electrons. The summed E-state index contributed by atoms with van der Waals surface area (Å²) >= 11 is 0. The van der Waals surface area contributed by atoms with Gasteiger partial charge in [0.2, 0.25) is 11.8 Å². The molecule has 5 nitrogen and oxygen atoms in total. The summed E-state index contributed by atoms with van der Waals surface area (Å²) in [7, 11) is 0. The number of hydrogen-bond donors (Lipinski definition) is 1. The highest BCUT2D eigenvalue weighted by atomic mass is 16.5. The molecule has 0 bridgehead atoms. The first-order valence-electron chi connectivity index (χ1n) is 4.69. The summed E-state index contributed by atoms with van der Waals surface area (Å²) < 4.78 is 10.6. The van der Waals surface area contributed by atoms with Crippen LogP contribution in [0.1, 0.15) is 32.6 Å². The largest absolute Gasteiger partial charge is 0.423 e. The van der Waals surface area contributed by atoms with E-state index >= 15 is 0 Å². The van der Waals surface area contributed by atoms with Gasteiger partial charge in [-0.15, -0.1) is 10.2 Å². The Balaban J connectivity index is 2.31. The third-order valence-corrected chi connectivity index (χ3v) is 1.51. The number of rotatable bonds is 5. The lowest BCUT2D eigenvalue weighted by atomic mass is 10.1. The first kappa shape index (κ1) is 11.1. The zero-order valence-corrected chi connectivity index (χ0v) is 8.91. The van der Waals surface area contributed by atoms with Crippen molar-refractivity contribution >= 4 is 0 Å². The molecule has 5 heteroatoms. The molecule has 1 aromatic rings. The second-order valence-corrected chi connectivity index (χ2v) is 3.92. The minimum Gasteiger partial charge on any atom is -0.423 e. The molecule has 0 saturated carbocycles. The standard InChI is InChI=1S/C9H17N3O2/c1-4-7-11-12-8(14-7)5-13-6-9(2,3)10/h4-6,10H2,1-3H3. The average molecular weight is 199 g/mol. The maximum absolute atomic E-state index is 5.74. The van der Waals surface area contributed by atoms with E-state index in [0.717, 1.165) is 6.42 Å². The Labute approximate surface area is 83.6 Å². The lowest BCUT2D eigenvalue weighted by molar-refractivity contribution is 0.0702. The Morgan fingerprint density at radius 1 is 1.36 bits per heavy atom. The van der Waals surface area contributed by atoms with Crippen molar-refractivity contribution in [1.29, 1.82) is 0 Å². The van der Waals surface area contributed by atoms with Crippen LogP contribution in [0.5, 0.6) is 0 Å². The van der Waals surface area contributed by atoms with Crippen LogP contribution in [-0.4, -0.2) is 22.3 Å². The predicted octanol–water partition coefficient (Wildman–Crippen LogP) is 0.886. The Kier molecular flexibility index (Phi) is 3.60. The van der Waals surface area contributed by atoms with Crippen LogP contribution in [0.4, 0.5) is 0 Å². The fraction of sp³-hybridized carbons (Fsp3) is 0.778. The van der Waals surface area contributed by atoms with E-state index < -0.39 is 0 Å². The van der Waals surface area contributed by atoms with Crippen molar-refractivity contribution < 1.29 is 9.15 Å². The van der Waals surface area contributed by atoms with Crippen molar-refractivity contribution in [3.05, 3.63) is 11.8 Å². The van der Waals surface area contributed by atoms with Gasteiger partial charge in [0, 0.05) is 12.0 Å². The molecule has 0 fully saturated rings. The normalized spacial score (nSPS) is 12.0. The molecule has 0 amide bonds. The zero-order chi connectivity index (χ0) is 10.6. The van der Waals surface area contributed by atoms with Crippen molar-refractivity contribution in [1.82, 2.24) is 10.2 Å². The average Bonchev–Trinajstić information content (AvgIpc) is 2.50. The minimum absolute atomic E-state index is 0.326. The van der Waals surface area contributed by atoms with Crippen molar-refractivity contribution in [3.63, 3.8) is 0 Å². The summed E-state index contributed by atoms with van der Waals surface area (Å²) in [5.41, 5.74) is 5.41. The van der Waals surface area contributed by atoms with E-state index in [-0.39, 0.29) is 5.54 Å². The third-order valence-electron chi connectivity index (χ3n) is 1.51. The molecule has 2 N–H and O–H groups in total. The Bertz CT molecular complexity index is 278. The van der Waals surface area contributed by atoms with Gasteiger partial charge < -0.3 is 14.9 Å². The van der Waals surface area contributed by atoms with Crippen molar-refractivity contribution in [2.45, 2.75) is 39.3 Å². The van der Waals surface area contributed by atoms with Gasteiger partial charge >= 0.3 is 0 Å². The fourth-order valence-corrected chi connectivity index (χ4v) is 0.891. The van der Waals surface area contributed by atoms with E-state index in [1.165, 1.54) is 0 Å². The van der Waals surface area contributed by atoms with Crippen LogP contribution in [0.3, 0.4) is 0 Å². The second-order valence-electron chi connectivity index (χ2n) is 3.92. The second kappa shape index (κ2) is 4.52. The predicted molar refractivity (Wildman–Crippen MR) is 51.6 cm³/mol. The van der Waals surface area contributed by atoms with Crippen LogP contribution in [0, 0.1) is 0 Å². The number of hydrogen-bond acceptors (Lipinski definition) is 5. The number of aryl methyl sites for hydroxylation is 1. The number of aromatic nitrogens is 2. The smallest absolute Gasteiger partial charge is 0.242 e. The van der Waals surface area contributed by atoms with Gasteiger partial charge in [-0.3, -0.25) is 0 Å². The van der Waals surface area contributed by atoms with Crippen LogP contribution >= 0.6 is 0 Å². The molecule has 0 aromatic carbocycles. The molecular weight excluding hydrogens is 182 g/mol. The van der Waals surface area contributed by atoms with Gasteiger partial charge in [0.1, 0.15) is 6.61 Å². The van der Waals surface area contributed by atoms with Gasteiger partial charge in [0.15, 0.2) is 0 Å². The highest BCUT2D eigenvalue weighted by Gasteiger charge is 2.11. The van der Waals surface area contributed by atoms with Crippen LogP contribution in [0.2, 0.25) is 0 Å². The molecular formula is C9H17N3O2. The Morgan fingerprint density at radius 3 is 2.50 bits per heavy atom. The minimum atomic E-state index is -0.326. The molecule has 0 aliphatic heterocycles. The quantitative estimate of drug-likeness (QED) is 0.762. The van der Waals surface area contributed by atoms with Gasteiger partial charge in [-0.25, -0.2) is 0 Å². The maximum atomic E-state index is 5.74. The van der Waals surface area contributed by atoms with Crippen LogP contribution in [-0.2, 0) is 17.8 Å². The third kappa shape index (κ3) is 3.85. The summed E-state index contributed by atoms with van der Waals surface area (Å²) in [6, 6.07) is 0. The lowest BCUT2D eigenvalue weighted by Crippen LogP contribution is -2.37. The molecule has 0 unspecified atom stereocenters. The van der Waals surface area contributed by atoms with Crippen LogP contribution in [0.25, 0.3) is 0 Å². The SMILES string of the molecule is CCc1nnc(COCC(C)(C)N)o1. The monoisotopic (exact) mass is 199 g/mol. The summed E-state index contributed by atoms with van der Waals surface area (Å²) in [5, 5.41) is 7.65. The molecule has 0 atom stereocenters. The van der Waals surface area contributed by atoms with Gasteiger partial charge in [-0.05, 0) is 13.8 Å². The van der Waals surface area contributed by atoms with E-state index in [1.807, 2.05) is 20.8 Å². The maximum Gasteiger partial charge on any atom is 0.242 e. The summed E-state index contributed by atoms with van der Waals surface area (Å²) in [5.74, 6) is 1.14. The highest BCUT2D eigenvalue weighted by molar-refractivity contribution is 4.79. The van der Waals surface area contributed by atoms with Crippen molar-refractivity contribution in [2.75, 3.05) is 6.61 Å². The topological polar surface area (TPSA) is 74.2 Å². The molecule has 1 aromatic heterocycles. The Hall–Kier alpha value is -0.940. The summed E-state index contributed by atoms with van der Waals surface area (Å²) in [6.45, 7) is 6.56. The summed E-state index contributed by atoms with van der Waals surface area (Å²) in [6.07, 6.45) is 0.745. The molecule has 1 rings (SSSR count). The van der Waals surface area contributed by atoms with Gasteiger partial charge in [0.05, 0.1) is 6.61 Å². The molecule has 0 saturated heterocycles. The molecule has 0 aliphatic rings. The molecule has 14 heavy (non-hydrogen) atoms. The van der Waals surface area contributed by atoms with Gasteiger partial charge in [-0.1, -0.05) is 6.92 Å². The van der Waals surface area contributed by atoms with E-state index in [1.54, 1.807) is 0 Å². The highest BCUT2D eigenvalue weighted by Crippen LogP contribution is 2.04. The number of ether oxygens (including phenoxy) is 1. The Morgan fingerprint density at radius 2 is 2.00 bits per heavy atom. The summed E-state index contributed by atoms with van der Waals surface area (Å²) in [4.78, 5) is 0.